The monoisotopic (exact) mass is 270 g/mol. The van der Waals surface area contributed by atoms with Crippen molar-refractivity contribution in [1.29, 1.82) is 0 Å². The van der Waals surface area contributed by atoms with Crippen LogP contribution in [0.25, 0.3) is 0 Å². The minimum Gasteiger partial charge on any atom is -0.350 e. The summed E-state index contributed by atoms with van der Waals surface area (Å²) in [6.07, 6.45) is 8.08. The molecule has 0 bridgehead atoms. The molecule has 1 atom stereocenters. The van der Waals surface area contributed by atoms with Gasteiger partial charge in [0, 0.05) is 25.0 Å². The fraction of sp³-hybridized carbons (Fsp3) is 0.444. The molecule has 1 aromatic heterocycles. The van der Waals surface area contributed by atoms with Crippen LogP contribution < -0.4 is 5.32 Å². The Morgan fingerprint density at radius 1 is 1.05 bits per heavy atom. The molecule has 0 aliphatic heterocycles. The van der Waals surface area contributed by atoms with E-state index in [-0.39, 0.29) is 0 Å². The normalized spacial score (nSPS) is 12.5. The summed E-state index contributed by atoms with van der Waals surface area (Å²) in [4.78, 5) is 0. The van der Waals surface area contributed by atoms with Crippen LogP contribution in [0.4, 0.5) is 0 Å². The smallest absolute Gasteiger partial charge is 0.0470 e. The first kappa shape index (κ1) is 14.9. The molecule has 0 radical (unpaired) electrons. The Morgan fingerprint density at radius 3 is 2.55 bits per heavy atom. The predicted molar refractivity (Wildman–Crippen MR) is 85.9 cm³/mol. The molecule has 2 rings (SSSR count). The van der Waals surface area contributed by atoms with Crippen LogP contribution >= 0.6 is 0 Å². The molecule has 2 heteroatoms. The maximum Gasteiger partial charge on any atom is 0.0470 e. The number of rotatable bonds is 8. The van der Waals surface area contributed by atoms with Gasteiger partial charge in [-0.25, -0.2) is 0 Å². The maximum atomic E-state index is 3.65. The maximum absolute atomic E-state index is 3.65. The highest BCUT2D eigenvalue weighted by Gasteiger charge is 2.10. The molecule has 0 aliphatic carbocycles. The number of benzene rings is 1. The van der Waals surface area contributed by atoms with E-state index in [1.807, 2.05) is 0 Å². The summed E-state index contributed by atoms with van der Waals surface area (Å²) in [6, 6.07) is 13.4. The van der Waals surface area contributed by atoms with Crippen LogP contribution in [0, 0.1) is 0 Å². The molecule has 1 heterocycles. The van der Waals surface area contributed by atoms with Crippen molar-refractivity contribution in [3.05, 3.63) is 59.9 Å². The van der Waals surface area contributed by atoms with Crippen LogP contribution in [0.1, 0.15) is 50.3 Å². The third kappa shape index (κ3) is 4.24. The topological polar surface area (TPSA) is 17.0 Å². The number of aromatic nitrogens is 1. The average molecular weight is 270 g/mol. The summed E-state index contributed by atoms with van der Waals surface area (Å²) in [6.45, 7) is 6.51. The SMILES string of the molecule is CCCNC(CCC)c1ccn(Cc2ccccc2)c1. The molecule has 0 saturated carbocycles. The second kappa shape index (κ2) is 7.91. The second-order valence-electron chi connectivity index (χ2n) is 5.40. The van der Waals surface area contributed by atoms with E-state index in [9.17, 15) is 0 Å². The minimum absolute atomic E-state index is 0.497. The first-order chi connectivity index (χ1) is 9.83. The molecule has 2 nitrogen and oxygen atoms in total. The molecule has 0 amide bonds. The molecule has 0 fully saturated rings. The Bertz CT molecular complexity index is 487. The van der Waals surface area contributed by atoms with Crippen molar-refractivity contribution in [2.75, 3.05) is 6.54 Å². The lowest BCUT2D eigenvalue weighted by Crippen LogP contribution is -2.21. The van der Waals surface area contributed by atoms with Gasteiger partial charge < -0.3 is 9.88 Å². The Morgan fingerprint density at radius 2 is 1.85 bits per heavy atom. The number of nitrogens with one attached hydrogen (secondary N) is 1. The molecule has 0 saturated heterocycles. The zero-order chi connectivity index (χ0) is 14.2. The third-order valence-corrected chi connectivity index (χ3v) is 3.60. The molecule has 20 heavy (non-hydrogen) atoms. The molecule has 2 aromatic rings. The van der Waals surface area contributed by atoms with Crippen molar-refractivity contribution in [3.8, 4) is 0 Å². The molecular formula is C18H26N2. The molecular weight excluding hydrogens is 244 g/mol. The van der Waals surface area contributed by atoms with Gasteiger partial charge in [0.05, 0.1) is 0 Å². The van der Waals surface area contributed by atoms with Crippen LogP contribution in [0.15, 0.2) is 48.8 Å². The fourth-order valence-electron chi connectivity index (χ4n) is 2.55. The summed E-state index contributed by atoms with van der Waals surface area (Å²) < 4.78 is 2.28. The Labute approximate surface area is 122 Å². The summed E-state index contributed by atoms with van der Waals surface area (Å²) >= 11 is 0. The van der Waals surface area contributed by atoms with Gasteiger partial charge in [-0.1, -0.05) is 50.6 Å². The lowest BCUT2D eigenvalue weighted by molar-refractivity contribution is 0.493. The van der Waals surface area contributed by atoms with Crippen LogP contribution in [-0.4, -0.2) is 11.1 Å². The van der Waals surface area contributed by atoms with E-state index in [1.54, 1.807) is 0 Å². The standard InChI is InChI=1S/C18H26N2/c1-3-8-18(19-12-4-2)17-11-13-20(15-17)14-16-9-6-5-7-10-16/h5-7,9-11,13,15,18-19H,3-4,8,12,14H2,1-2H3. The van der Waals surface area contributed by atoms with Crippen LogP contribution in [-0.2, 0) is 6.54 Å². The lowest BCUT2D eigenvalue weighted by Gasteiger charge is -2.16. The van der Waals surface area contributed by atoms with Gasteiger partial charge in [-0.3, -0.25) is 0 Å². The van der Waals surface area contributed by atoms with Gasteiger partial charge in [-0.15, -0.1) is 0 Å². The zero-order valence-corrected chi connectivity index (χ0v) is 12.7. The van der Waals surface area contributed by atoms with Crippen molar-refractivity contribution in [3.63, 3.8) is 0 Å². The highest BCUT2D eigenvalue weighted by molar-refractivity contribution is 5.19. The minimum atomic E-state index is 0.497. The summed E-state index contributed by atoms with van der Waals surface area (Å²) in [5.74, 6) is 0. The van der Waals surface area contributed by atoms with Gasteiger partial charge in [0.2, 0.25) is 0 Å². The molecule has 1 unspecified atom stereocenters. The molecule has 108 valence electrons. The van der Waals surface area contributed by atoms with Gasteiger partial charge >= 0.3 is 0 Å². The van der Waals surface area contributed by atoms with Gasteiger partial charge in [0.15, 0.2) is 0 Å². The van der Waals surface area contributed by atoms with Gasteiger partial charge in [-0.05, 0) is 36.6 Å². The lowest BCUT2D eigenvalue weighted by atomic mass is 10.1. The van der Waals surface area contributed by atoms with Gasteiger partial charge in [0.1, 0.15) is 0 Å². The van der Waals surface area contributed by atoms with Gasteiger partial charge in [0.25, 0.3) is 0 Å². The zero-order valence-electron chi connectivity index (χ0n) is 12.7. The highest BCUT2D eigenvalue weighted by Crippen LogP contribution is 2.19. The van der Waals surface area contributed by atoms with Gasteiger partial charge in [-0.2, -0.15) is 0 Å². The van der Waals surface area contributed by atoms with Crippen LogP contribution in [0.3, 0.4) is 0 Å². The van der Waals surface area contributed by atoms with E-state index in [4.69, 9.17) is 0 Å². The van der Waals surface area contributed by atoms with Crippen LogP contribution in [0.5, 0.6) is 0 Å². The van der Waals surface area contributed by atoms with Crippen molar-refractivity contribution < 1.29 is 0 Å². The number of hydrogen-bond donors (Lipinski definition) is 1. The number of nitrogens with zero attached hydrogens (tertiary/aromatic N) is 1. The van der Waals surface area contributed by atoms with Crippen molar-refractivity contribution in [2.45, 2.75) is 45.7 Å². The summed E-state index contributed by atoms with van der Waals surface area (Å²) in [5, 5.41) is 3.65. The van der Waals surface area contributed by atoms with Crippen LogP contribution in [0.2, 0.25) is 0 Å². The van der Waals surface area contributed by atoms with E-state index >= 15 is 0 Å². The Kier molecular flexibility index (Phi) is 5.87. The average Bonchev–Trinajstić information content (AvgIpc) is 2.93. The first-order valence-corrected chi connectivity index (χ1v) is 7.76. The van der Waals surface area contributed by atoms with Crippen molar-refractivity contribution in [1.82, 2.24) is 9.88 Å². The molecule has 1 N–H and O–H groups in total. The number of hydrogen-bond acceptors (Lipinski definition) is 1. The molecule has 0 aliphatic rings. The first-order valence-electron chi connectivity index (χ1n) is 7.76. The molecule has 0 spiro atoms. The largest absolute Gasteiger partial charge is 0.350 e. The summed E-state index contributed by atoms with van der Waals surface area (Å²) in [5.41, 5.74) is 2.76. The highest BCUT2D eigenvalue weighted by atomic mass is 15.0. The van der Waals surface area contributed by atoms with E-state index in [2.05, 4.69) is 72.5 Å². The quantitative estimate of drug-likeness (QED) is 0.753. The Hall–Kier alpha value is -1.54. The van der Waals surface area contributed by atoms with E-state index in [0.717, 1.165) is 13.1 Å². The third-order valence-electron chi connectivity index (χ3n) is 3.60. The Balaban J connectivity index is 2.02. The van der Waals surface area contributed by atoms with E-state index < -0.39 is 0 Å². The predicted octanol–water partition coefficient (Wildman–Crippen LogP) is 4.38. The van der Waals surface area contributed by atoms with Crippen molar-refractivity contribution >= 4 is 0 Å². The second-order valence-corrected chi connectivity index (χ2v) is 5.40. The summed E-state index contributed by atoms with van der Waals surface area (Å²) in [7, 11) is 0. The fourth-order valence-corrected chi connectivity index (χ4v) is 2.55. The van der Waals surface area contributed by atoms with E-state index in [1.165, 1.54) is 30.4 Å². The van der Waals surface area contributed by atoms with E-state index in [0.29, 0.717) is 6.04 Å². The molecule has 1 aromatic carbocycles. The van der Waals surface area contributed by atoms with Crippen molar-refractivity contribution in [2.24, 2.45) is 0 Å².